The van der Waals surface area contributed by atoms with E-state index >= 15 is 0 Å². The molecule has 1 amide bonds. The van der Waals surface area contributed by atoms with Gasteiger partial charge in [-0.2, -0.15) is 0 Å². The number of rotatable bonds is 2. The third-order valence-corrected chi connectivity index (χ3v) is 3.88. The van der Waals surface area contributed by atoms with Gasteiger partial charge in [-0.25, -0.2) is 0 Å². The minimum atomic E-state index is -0.0877. The van der Waals surface area contributed by atoms with E-state index < -0.39 is 0 Å². The average molecular weight is 416 g/mol. The quantitative estimate of drug-likeness (QED) is 0.712. The van der Waals surface area contributed by atoms with Gasteiger partial charge in [-0.3, -0.25) is 4.79 Å². The van der Waals surface area contributed by atoms with Crippen LogP contribution in [-0.4, -0.2) is 5.91 Å². The zero-order chi connectivity index (χ0) is 13.1. The number of halogens is 2. The van der Waals surface area contributed by atoms with Gasteiger partial charge in [0.25, 0.3) is 5.91 Å². The van der Waals surface area contributed by atoms with E-state index in [1.807, 2.05) is 49.4 Å². The van der Waals surface area contributed by atoms with Crippen LogP contribution in [-0.2, 0) is 0 Å². The minimum Gasteiger partial charge on any atom is -0.321 e. The molecule has 2 aromatic carbocycles. The summed E-state index contributed by atoms with van der Waals surface area (Å²) >= 11 is 5.60. The lowest BCUT2D eigenvalue weighted by Gasteiger charge is -2.08. The summed E-state index contributed by atoms with van der Waals surface area (Å²) in [5.41, 5.74) is 2.63. The Morgan fingerprint density at radius 1 is 1.17 bits per heavy atom. The van der Waals surface area contributed by atoms with Crippen molar-refractivity contribution in [3.05, 3.63) is 61.6 Å². The Balaban J connectivity index is 2.18. The van der Waals surface area contributed by atoms with Crippen molar-refractivity contribution in [1.29, 1.82) is 0 Å². The van der Waals surface area contributed by atoms with Crippen molar-refractivity contribution in [3.63, 3.8) is 0 Å². The fourth-order valence-corrected chi connectivity index (χ4v) is 2.93. The standard InChI is InChI=1S/C14H11BrINO/c1-9-2-4-10(5-3-9)14(18)17-13-7-6-11(15)8-12(13)16/h2-8H,1H3,(H,17,18). The molecule has 0 heterocycles. The second-order valence-electron chi connectivity index (χ2n) is 3.94. The summed E-state index contributed by atoms with van der Waals surface area (Å²) in [7, 11) is 0. The molecule has 0 radical (unpaired) electrons. The summed E-state index contributed by atoms with van der Waals surface area (Å²) in [6, 6.07) is 13.3. The van der Waals surface area contributed by atoms with Gasteiger partial charge in [0, 0.05) is 13.6 Å². The Labute approximate surface area is 128 Å². The summed E-state index contributed by atoms with van der Waals surface area (Å²) in [5, 5.41) is 2.91. The summed E-state index contributed by atoms with van der Waals surface area (Å²) < 4.78 is 2.00. The van der Waals surface area contributed by atoms with Gasteiger partial charge in [0.2, 0.25) is 0 Å². The molecule has 1 N–H and O–H groups in total. The lowest BCUT2D eigenvalue weighted by atomic mass is 10.1. The second kappa shape index (κ2) is 5.84. The summed E-state index contributed by atoms with van der Waals surface area (Å²) in [6.07, 6.45) is 0. The topological polar surface area (TPSA) is 29.1 Å². The lowest BCUT2D eigenvalue weighted by molar-refractivity contribution is 0.102. The SMILES string of the molecule is Cc1ccc(C(=O)Nc2ccc(Br)cc2I)cc1. The Hall–Kier alpha value is -0.880. The van der Waals surface area contributed by atoms with E-state index in [1.165, 1.54) is 0 Å². The Morgan fingerprint density at radius 3 is 2.44 bits per heavy atom. The highest BCUT2D eigenvalue weighted by Gasteiger charge is 2.08. The number of anilines is 1. The van der Waals surface area contributed by atoms with Crippen LogP contribution in [0.2, 0.25) is 0 Å². The molecule has 0 aliphatic heterocycles. The second-order valence-corrected chi connectivity index (χ2v) is 6.02. The summed E-state index contributed by atoms with van der Waals surface area (Å²) in [6.45, 7) is 2.00. The van der Waals surface area contributed by atoms with Crippen molar-refractivity contribution < 1.29 is 4.79 Å². The highest BCUT2D eigenvalue weighted by Crippen LogP contribution is 2.23. The summed E-state index contributed by atoms with van der Waals surface area (Å²) in [4.78, 5) is 12.0. The van der Waals surface area contributed by atoms with Crippen LogP contribution in [0.1, 0.15) is 15.9 Å². The van der Waals surface area contributed by atoms with Gasteiger partial charge in [0.15, 0.2) is 0 Å². The van der Waals surface area contributed by atoms with Gasteiger partial charge >= 0.3 is 0 Å². The van der Waals surface area contributed by atoms with Gasteiger partial charge in [-0.05, 0) is 59.8 Å². The molecule has 0 aromatic heterocycles. The third-order valence-electron chi connectivity index (χ3n) is 2.49. The van der Waals surface area contributed by atoms with Crippen molar-refractivity contribution >= 4 is 50.1 Å². The van der Waals surface area contributed by atoms with Gasteiger partial charge < -0.3 is 5.32 Å². The molecule has 0 atom stereocenters. The maximum atomic E-state index is 12.0. The number of hydrogen-bond donors (Lipinski definition) is 1. The smallest absolute Gasteiger partial charge is 0.255 e. The van der Waals surface area contributed by atoms with Gasteiger partial charge in [0.05, 0.1) is 5.69 Å². The maximum absolute atomic E-state index is 12.0. The molecule has 0 saturated heterocycles. The molecule has 4 heteroatoms. The van der Waals surface area contributed by atoms with Crippen molar-refractivity contribution in [3.8, 4) is 0 Å². The largest absolute Gasteiger partial charge is 0.321 e. The normalized spacial score (nSPS) is 10.2. The number of amides is 1. The van der Waals surface area contributed by atoms with Crippen LogP contribution in [0.25, 0.3) is 0 Å². The van der Waals surface area contributed by atoms with E-state index in [4.69, 9.17) is 0 Å². The zero-order valence-electron chi connectivity index (χ0n) is 9.71. The predicted molar refractivity (Wildman–Crippen MR) is 86.0 cm³/mol. The van der Waals surface area contributed by atoms with Crippen LogP contribution in [0.3, 0.4) is 0 Å². The van der Waals surface area contributed by atoms with Crippen molar-refractivity contribution in [2.45, 2.75) is 6.92 Å². The van der Waals surface area contributed by atoms with Crippen LogP contribution >= 0.6 is 38.5 Å². The fraction of sp³-hybridized carbons (Fsp3) is 0.0714. The van der Waals surface area contributed by atoms with E-state index in [-0.39, 0.29) is 5.91 Å². The molecular formula is C14H11BrINO. The molecule has 2 rings (SSSR count). The van der Waals surface area contributed by atoms with Gasteiger partial charge in [-0.1, -0.05) is 33.6 Å². The predicted octanol–water partition coefficient (Wildman–Crippen LogP) is 4.61. The van der Waals surface area contributed by atoms with Crippen LogP contribution < -0.4 is 5.32 Å². The molecule has 0 bridgehead atoms. The van der Waals surface area contributed by atoms with Crippen molar-refractivity contribution in [1.82, 2.24) is 0 Å². The van der Waals surface area contributed by atoms with Crippen molar-refractivity contribution in [2.75, 3.05) is 5.32 Å². The average Bonchev–Trinajstić information content (AvgIpc) is 2.33. The summed E-state index contributed by atoms with van der Waals surface area (Å²) in [5.74, 6) is -0.0877. The lowest BCUT2D eigenvalue weighted by Crippen LogP contribution is -2.12. The van der Waals surface area contributed by atoms with E-state index in [0.717, 1.165) is 19.3 Å². The van der Waals surface area contributed by atoms with Gasteiger partial charge in [-0.15, -0.1) is 0 Å². The van der Waals surface area contributed by atoms with Gasteiger partial charge in [0.1, 0.15) is 0 Å². The number of hydrogen-bond acceptors (Lipinski definition) is 1. The monoisotopic (exact) mass is 415 g/mol. The Morgan fingerprint density at radius 2 is 1.83 bits per heavy atom. The maximum Gasteiger partial charge on any atom is 0.255 e. The molecule has 0 spiro atoms. The van der Waals surface area contributed by atoms with E-state index in [1.54, 1.807) is 0 Å². The first-order valence-corrected chi connectivity index (χ1v) is 7.26. The molecule has 0 unspecified atom stereocenters. The molecule has 0 fully saturated rings. The number of benzene rings is 2. The Kier molecular flexibility index (Phi) is 4.40. The number of carbonyl (C=O) groups excluding carboxylic acids is 1. The molecule has 0 aliphatic carbocycles. The highest BCUT2D eigenvalue weighted by molar-refractivity contribution is 14.1. The minimum absolute atomic E-state index is 0.0877. The fourth-order valence-electron chi connectivity index (χ4n) is 1.49. The molecule has 2 nitrogen and oxygen atoms in total. The molecular weight excluding hydrogens is 405 g/mol. The van der Waals surface area contributed by atoms with E-state index in [2.05, 4.69) is 43.8 Å². The molecule has 0 aliphatic rings. The van der Waals surface area contributed by atoms with Crippen LogP contribution in [0.5, 0.6) is 0 Å². The Bertz CT molecular complexity index is 581. The van der Waals surface area contributed by atoms with Crippen LogP contribution in [0, 0.1) is 10.5 Å². The number of carbonyl (C=O) groups is 1. The molecule has 0 saturated carbocycles. The molecule has 92 valence electrons. The van der Waals surface area contributed by atoms with E-state index in [0.29, 0.717) is 5.56 Å². The molecule has 2 aromatic rings. The van der Waals surface area contributed by atoms with Crippen LogP contribution in [0.4, 0.5) is 5.69 Å². The third kappa shape index (κ3) is 3.32. The van der Waals surface area contributed by atoms with Crippen LogP contribution in [0.15, 0.2) is 46.9 Å². The zero-order valence-corrected chi connectivity index (χ0v) is 13.4. The number of aryl methyl sites for hydroxylation is 1. The molecule has 18 heavy (non-hydrogen) atoms. The van der Waals surface area contributed by atoms with E-state index in [9.17, 15) is 4.79 Å². The highest BCUT2D eigenvalue weighted by atomic mass is 127. The first-order chi connectivity index (χ1) is 8.56. The first-order valence-electron chi connectivity index (χ1n) is 5.39. The number of nitrogens with one attached hydrogen (secondary N) is 1. The first kappa shape index (κ1) is 13.5. The van der Waals surface area contributed by atoms with Crippen molar-refractivity contribution in [2.24, 2.45) is 0 Å².